The number of carbonyl (C=O) groups is 1. The fourth-order valence-electron chi connectivity index (χ4n) is 1.83. The van der Waals surface area contributed by atoms with Crippen LogP contribution in [0.15, 0.2) is 53.5 Å². The Bertz CT molecular complexity index is 646. The first-order chi connectivity index (χ1) is 10.1. The number of ether oxygens (including phenoxy) is 1. The van der Waals surface area contributed by atoms with Gasteiger partial charge in [0.1, 0.15) is 5.75 Å². The quantitative estimate of drug-likeness (QED) is 0.809. The molecular formula is C17H18N2O2. The molecule has 2 aromatic rings. The lowest BCUT2D eigenvalue weighted by atomic mass is 10.2. The minimum atomic E-state index is -0.261. The molecule has 4 nitrogen and oxygen atoms in total. The highest BCUT2D eigenvalue weighted by Gasteiger charge is 2.04. The molecule has 0 saturated carbocycles. The molecule has 0 unspecified atom stereocenters. The molecule has 0 aliphatic rings. The minimum Gasteiger partial charge on any atom is -0.497 e. The highest BCUT2D eigenvalue weighted by atomic mass is 16.5. The highest BCUT2D eigenvalue weighted by molar-refractivity contribution is 6.01. The standard InChI is InChI=1S/C17H18N2O2/c1-19(2)15-9-7-14(8-10-15)17(20)18-12-13-5-4-6-16(11-13)21-3/h4-12H,1-3H3. The van der Waals surface area contributed by atoms with Gasteiger partial charge in [0.05, 0.1) is 7.11 Å². The largest absolute Gasteiger partial charge is 0.497 e. The SMILES string of the molecule is COc1cccc(C=NC(=O)c2ccc(N(C)C)cc2)c1. The van der Waals surface area contributed by atoms with Crippen molar-refractivity contribution < 1.29 is 9.53 Å². The Morgan fingerprint density at radius 2 is 1.86 bits per heavy atom. The smallest absolute Gasteiger partial charge is 0.276 e. The van der Waals surface area contributed by atoms with Crippen LogP contribution in [-0.2, 0) is 0 Å². The first kappa shape index (κ1) is 14.8. The molecule has 0 N–H and O–H groups in total. The molecule has 0 bridgehead atoms. The van der Waals surface area contributed by atoms with Crippen molar-refractivity contribution >= 4 is 17.8 Å². The van der Waals surface area contributed by atoms with Gasteiger partial charge < -0.3 is 9.64 Å². The number of hydrogen-bond donors (Lipinski definition) is 0. The molecule has 0 aliphatic carbocycles. The topological polar surface area (TPSA) is 41.9 Å². The normalized spacial score (nSPS) is 10.6. The van der Waals surface area contributed by atoms with Crippen molar-refractivity contribution in [2.24, 2.45) is 4.99 Å². The van der Waals surface area contributed by atoms with Crippen LogP contribution in [0.2, 0.25) is 0 Å². The van der Waals surface area contributed by atoms with Crippen LogP contribution in [0.4, 0.5) is 5.69 Å². The summed E-state index contributed by atoms with van der Waals surface area (Å²) in [5.41, 5.74) is 2.44. The first-order valence-electron chi connectivity index (χ1n) is 6.60. The van der Waals surface area contributed by atoms with Crippen molar-refractivity contribution in [3.63, 3.8) is 0 Å². The number of hydrogen-bond acceptors (Lipinski definition) is 3. The summed E-state index contributed by atoms with van der Waals surface area (Å²) >= 11 is 0. The number of rotatable bonds is 4. The van der Waals surface area contributed by atoms with E-state index in [9.17, 15) is 4.79 Å². The van der Waals surface area contributed by atoms with E-state index >= 15 is 0 Å². The third kappa shape index (κ3) is 3.92. The van der Waals surface area contributed by atoms with E-state index in [1.165, 1.54) is 0 Å². The number of carbonyl (C=O) groups excluding carboxylic acids is 1. The zero-order chi connectivity index (χ0) is 15.2. The summed E-state index contributed by atoms with van der Waals surface area (Å²) in [6.07, 6.45) is 1.55. The van der Waals surface area contributed by atoms with E-state index in [0.717, 1.165) is 17.0 Å². The molecule has 0 aromatic heterocycles. The van der Waals surface area contributed by atoms with E-state index < -0.39 is 0 Å². The van der Waals surface area contributed by atoms with Gasteiger partial charge in [-0.15, -0.1) is 0 Å². The van der Waals surface area contributed by atoms with E-state index in [0.29, 0.717) is 5.56 Å². The molecule has 0 radical (unpaired) electrons. The van der Waals surface area contributed by atoms with Gasteiger partial charge in [0.25, 0.3) is 5.91 Å². The Hall–Kier alpha value is -2.62. The first-order valence-corrected chi connectivity index (χ1v) is 6.60. The molecular weight excluding hydrogens is 264 g/mol. The van der Waals surface area contributed by atoms with Crippen molar-refractivity contribution in [3.05, 3.63) is 59.7 Å². The Morgan fingerprint density at radius 3 is 2.48 bits per heavy atom. The molecule has 2 aromatic carbocycles. The maximum absolute atomic E-state index is 12.0. The van der Waals surface area contributed by atoms with Crippen molar-refractivity contribution in [2.75, 3.05) is 26.1 Å². The van der Waals surface area contributed by atoms with Crippen LogP contribution in [0.25, 0.3) is 0 Å². The van der Waals surface area contributed by atoms with E-state index in [4.69, 9.17) is 4.74 Å². The zero-order valence-electron chi connectivity index (χ0n) is 12.4. The molecule has 0 spiro atoms. The highest BCUT2D eigenvalue weighted by Crippen LogP contribution is 2.14. The molecule has 0 fully saturated rings. The van der Waals surface area contributed by atoms with E-state index in [2.05, 4.69) is 4.99 Å². The lowest BCUT2D eigenvalue weighted by Crippen LogP contribution is -2.08. The monoisotopic (exact) mass is 282 g/mol. The molecule has 4 heteroatoms. The maximum atomic E-state index is 12.0. The summed E-state index contributed by atoms with van der Waals surface area (Å²) in [5, 5.41) is 0. The lowest BCUT2D eigenvalue weighted by molar-refractivity contribution is 0.100. The van der Waals surface area contributed by atoms with Crippen molar-refractivity contribution in [1.29, 1.82) is 0 Å². The third-order valence-electron chi connectivity index (χ3n) is 3.06. The minimum absolute atomic E-state index is 0.261. The molecule has 108 valence electrons. The van der Waals surface area contributed by atoms with Gasteiger partial charge in [-0.05, 0) is 42.0 Å². The number of anilines is 1. The number of aliphatic imine (C=N–C) groups is 1. The summed E-state index contributed by atoms with van der Waals surface area (Å²) in [5.74, 6) is 0.477. The second-order valence-corrected chi connectivity index (χ2v) is 4.78. The van der Waals surface area contributed by atoms with Gasteiger partial charge in [-0.2, -0.15) is 0 Å². The Morgan fingerprint density at radius 1 is 1.14 bits per heavy atom. The van der Waals surface area contributed by atoms with Gasteiger partial charge in [0.15, 0.2) is 0 Å². The van der Waals surface area contributed by atoms with E-state index in [1.54, 1.807) is 25.5 Å². The Kier molecular flexibility index (Phi) is 4.72. The second-order valence-electron chi connectivity index (χ2n) is 4.78. The molecule has 2 rings (SSSR count). The number of nitrogens with zero attached hydrogens (tertiary/aromatic N) is 2. The van der Waals surface area contributed by atoms with E-state index in [-0.39, 0.29) is 5.91 Å². The molecule has 0 heterocycles. The van der Waals surface area contributed by atoms with Gasteiger partial charge >= 0.3 is 0 Å². The molecule has 1 amide bonds. The average Bonchev–Trinajstić information content (AvgIpc) is 2.53. The van der Waals surface area contributed by atoms with Crippen molar-refractivity contribution in [1.82, 2.24) is 0 Å². The van der Waals surface area contributed by atoms with E-state index in [1.807, 2.05) is 55.4 Å². The summed E-state index contributed by atoms with van der Waals surface area (Å²) in [6, 6.07) is 14.7. The fraction of sp³-hybridized carbons (Fsp3) is 0.176. The van der Waals surface area contributed by atoms with Crippen molar-refractivity contribution in [3.8, 4) is 5.75 Å². The predicted molar refractivity (Wildman–Crippen MR) is 85.7 cm³/mol. The van der Waals surface area contributed by atoms with Crippen LogP contribution in [0.3, 0.4) is 0 Å². The number of benzene rings is 2. The average molecular weight is 282 g/mol. The molecule has 0 atom stereocenters. The Labute approximate surface area is 124 Å². The predicted octanol–water partition coefficient (Wildman–Crippen LogP) is 3.02. The Balaban J connectivity index is 2.11. The van der Waals surface area contributed by atoms with Crippen LogP contribution >= 0.6 is 0 Å². The fourth-order valence-corrected chi connectivity index (χ4v) is 1.83. The van der Waals surface area contributed by atoms with Crippen LogP contribution in [-0.4, -0.2) is 33.3 Å². The van der Waals surface area contributed by atoms with Gasteiger partial charge in [-0.25, -0.2) is 4.99 Å². The van der Waals surface area contributed by atoms with Gasteiger partial charge in [-0.1, -0.05) is 12.1 Å². The zero-order valence-corrected chi connectivity index (χ0v) is 12.4. The van der Waals surface area contributed by atoms with Gasteiger partial charge in [-0.3, -0.25) is 4.79 Å². The maximum Gasteiger partial charge on any atom is 0.276 e. The van der Waals surface area contributed by atoms with Crippen LogP contribution < -0.4 is 9.64 Å². The summed E-state index contributed by atoms with van der Waals surface area (Å²) in [4.78, 5) is 18.0. The second kappa shape index (κ2) is 6.70. The molecule has 0 saturated heterocycles. The molecule has 0 aliphatic heterocycles. The summed E-state index contributed by atoms with van der Waals surface area (Å²) < 4.78 is 5.13. The number of methoxy groups -OCH3 is 1. The van der Waals surface area contributed by atoms with Crippen LogP contribution in [0, 0.1) is 0 Å². The third-order valence-corrected chi connectivity index (χ3v) is 3.06. The van der Waals surface area contributed by atoms with Crippen LogP contribution in [0.1, 0.15) is 15.9 Å². The number of amides is 1. The van der Waals surface area contributed by atoms with Gasteiger partial charge in [0.2, 0.25) is 0 Å². The van der Waals surface area contributed by atoms with Gasteiger partial charge in [0, 0.05) is 31.6 Å². The van der Waals surface area contributed by atoms with Crippen LogP contribution in [0.5, 0.6) is 5.75 Å². The molecule has 21 heavy (non-hydrogen) atoms. The summed E-state index contributed by atoms with van der Waals surface area (Å²) in [6.45, 7) is 0. The summed E-state index contributed by atoms with van der Waals surface area (Å²) in [7, 11) is 5.52. The van der Waals surface area contributed by atoms with Crippen molar-refractivity contribution in [2.45, 2.75) is 0 Å². The lowest BCUT2D eigenvalue weighted by Gasteiger charge is -2.11.